The number of hydrogen-bond donors (Lipinski definition) is 2. The fourth-order valence-corrected chi connectivity index (χ4v) is 2.41. The summed E-state index contributed by atoms with van der Waals surface area (Å²) in [4.78, 5) is 23.5. The van der Waals surface area contributed by atoms with E-state index in [9.17, 15) is 9.59 Å². The van der Waals surface area contributed by atoms with Gasteiger partial charge >= 0.3 is 6.03 Å². The zero-order valence-corrected chi connectivity index (χ0v) is 14.8. The van der Waals surface area contributed by atoms with Crippen molar-refractivity contribution in [2.75, 3.05) is 19.5 Å². The SMILES string of the molecule is COc1ccc(OC)c(C(C)NC(=O)Nc2ccc(C(C)=O)cc2)c1. The van der Waals surface area contributed by atoms with Gasteiger partial charge in [0.15, 0.2) is 5.78 Å². The van der Waals surface area contributed by atoms with Gasteiger partial charge in [0.1, 0.15) is 11.5 Å². The van der Waals surface area contributed by atoms with Gasteiger partial charge in [-0.15, -0.1) is 0 Å². The lowest BCUT2D eigenvalue weighted by Gasteiger charge is -2.18. The van der Waals surface area contributed by atoms with Crippen molar-refractivity contribution < 1.29 is 19.1 Å². The highest BCUT2D eigenvalue weighted by Crippen LogP contribution is 2.29. The monoisotopic (exact) mass is 342 g/mol. The lowest BCUT2D eigenvalue weighted by Crippen LogP contribution is -2.31. The highest BCUT2D eigenvalue weighted by atomic mass is 16.5. The van der Waals surface area contributed by atoms with Crippen LogP contribution in [0.2, 0.25) is 0 Å². The van der Waals surface area contributed by atoms with Crippen molar-refractivity contribution >= 4 is 17.5 Å². The van der Waals surface area contributed by atoms with E-state index in [-0.39, 0.29) is 17.9 Å². The van der Waals surface area contributed by atoms with Crippen molar-refractivity contribution in [1.29, 1.82) is 0 Å². The average molecular weight is 342 g/mol. The second-order valence-corrected chi connectivity index (χ2v) is 5.56. The zero-order valence-electron chi connectivity index (χ0n) is 14.8. The van der Waals surface area contributed by atoms with E-state index in [1.807, 2.05) is 13.0 Å². The number of carbonyl (C=O) groups is 2. The minimum atomic E-state index is -0.354. The van der Waals surface area contributed by atoms with Crippen LogP contribution in [0, 0.1) is 0 Å². The molecule has 1 atom stereocenters. The first-order valence-corrected chi connectivity index (χ1v) is 7.85. The van der Waals surface area contributed by atoms with Gasteiger partial charge in [0.2, 0.25) is 0 Å². The molecule has 6 nitrogen and oxygen atoms in total. The van der Waals surface area contributed by atoms with Gasteiger partial charge in [-0.05, 0) is 56.3 Å². The molecule has 0 saturated carbocycles. The Hall–Kier alpha value is -3.02. The Labute approximate surface area is 147 Å². The molecule has 1 unspecified atom stereocenters. The first kappa shape index (κ1) is 18.3. The Morgan fingerprint density at radius 3 is 2.24 bits per heavy atom. The summed E-state index contributed by atoms with van der Waals surface area (Å²) < 4.78 is 10.6. The third-order valence-electron chi connectivity index (χ3n) is 3.80. The van der Waals surface area contributed by atoms with Crippen molar-refractivity contribution in [3.63, 3.8) is 0 Å². The number of urea groups is 1. The van der Waals surface area contributed by atoms with E-state index in [1.54, 1.807) is 50.6 Å². The maximum Gasteiger partial charge on any atom is 0.319 e. The molecule has 0 heterocycles. The Morgan fingerprint density at radius 1 is 1.00 bits per heavy atom. The quantitative estimate of drug-likeness (QED) is 0.783. The highest BCUT2D eigenvalue weighted by molar-refractivity contribution is 5.95. The van der Waals surface area contributed by atoms with Gasteiger partial charge in [-0.3, -0.25) is 4.79 Å². The van der Waals surface area contributed by atoms with E-state index in [4.69, 9.17) is 9.47 Å². The number of hydrogen-bond acceptors (Lipinski definition) is 4. The molecule has 0 bridgehead atoms. The summed E-state index contributed by atoms with van der Waals surface area (Å²) in [6.07, 6.45) is 0. The number of ether oxygens (including phenoxy) is 2. The molecule has 0 fully saturated rings. The summed E-state index contributed by atoms with van der Waals surface area (Å²) >= 11 is 0. The van der Waals surface area contributed by atoms with Crippen molar-refractivity contribution in [3.05, 3.63) is 53.6 Å². The molecule has 2 N–H and O–H groups in total. The van der Waals surface area contributed by atoms with Crippen LogP contribution in [-0.4, -0.2) is 26.0 Å². The van der Waals surface area contributed by atoms with Gasteiger partial charge < -0.3 is 20.1 Å². The predicted molar refractivity (Wildman–Crippen MR) is 96.6 cm³/mol. The molecule has 0 aromatic heterocycles. The minimum absolute atomic E-state index is 0.0188. The molecule has 0 radical (unpaired) electrons. The summed E-state index contributed by atoms with van der Waals surface area (Å²) in [5.74, 6) is 1.33. The Kier molecular flexibility index (Phi) is 6.00. The number of methoxy groups -OCH3 is 2. The summed E-state index contributed by atoms with van der Waals surface area (Å²) in [7, 11) is 3.16. The molecule has 2 aromatic carbocycles. The van der Waals surface area contributed by atoms with E-state index in [2.05, 4.69) is 10.6 Å². The van der Waals surface area contributed by atoms with Crippen LogP contribution in [-0.2, 0) is 0 Å². The Bertz CT molecular complexity index is 757. The molecule has 25 heavy (non-hydrogen) atoms. The molecule has 6 heteroatoms. The molecular weight excluding hydrogens is 320 g/mol. The van der Waals surface area contributed by atoms with Gasteiger partial charge in [-0.25, -0.2) is 4.79 Å². The van der Waals surface area contributed by atoms with E-state index >= 15 is 0 Å². The number of benzene rings is 2. The van der Waals surface area contributed by atoms with Crippen LogP contribution in [0.3, 0.4) is 0 Å². The molecule has 0 aliphatic carbocycles. The van der Waals surface area contributed by atoms with Gasteiger partial charge in [-0.1, -0.05) is 0 Å². The van der Waals surface area contributed by atoms with Crippen molar-refractivity contribution in [2.24, 2.45) is 0 Å². The Balaban J connectivity index is 2.06. The van der Waals surface area contributed by atoms with Gasteiger partial charge in [0.25, 0.3) is 0 Å². The fourth-order valence-electron chi connectivity index (χ4n) is 2.41. The first-order chi connectivity index (χ1) is 11.9. The second kappa shape index (κ2) is 8.19. The standard InChI is InChI=1S/C19H22N2O4/c1-12(17-11-16(24-3)9-10-18(17)25-4)20-19(23)21-15-7-5-14(6-8-15)13(2)22/h5-12H,1-4H3,(H2,20,21,23). The summed E-state index contributed by atoms with van der Waals surface area (Å²) in [5.41, 5.74) is 2.01. The maximum absolute atomic E-state index is 12.2. The van der Waals surface area contributed by atoms with Gasteiger partial charge in [0, 0.05) is 16.8 Å². The first-order valence-electron chi connectivity index (χ1n) is 7.85. The van der Waals surface area contributed by atoms with Crippen molar-refractivity contribution in [2.45, 2.75) is 19.9 Å². The number of ketones is 1. The topological polar surface area (TPSA) is 76.7 Å². The summed E-state index contributed by atoms with van der Waals surface area (Å²) in [6, 6.07) is 11.5. The lowest BCUT2D eigenvalue weighted by molar-refractivity contribution is 0.101. The molecule has 0 spiro atoms. The maximum atomic E-state index is 12.2. The van der Waals surface area contributed by atoms with Crippen molar-refractivity contribution in [3.8, 4) is 11.5 Å². The van der Waals surface area contributed by atoms with Gasteiger partial charge in [0.05, 0.1) is 20.3 Å². The average Bonchev–Trinajstić information content (AvgIpc) is 2.61. The zero-order chi connectivity index (χ0) is 18.4. The van der Waals surface area contributed by atoms with Crippen LogP contribution in [0.4, 0.5) is 10.5 Å². The van der Waals surface area contributed by atoms with Gasteiger partial charge in [-0.2, -0.15) is 0 Å². The lowest BCUT2D eigenvalue weighted by atomic mass is 10.1. The normalized spacial score (nSPS) is 11.4. The smallest absolute Gasteiger partial charge is 0.319 e. The number of rotatable bonds is 6. The van der Waals surface area contributed by atoms with Crippen LogP contribution >= 0.6 is 0 Å². The Morgan fingerprint density at radius 2 is 1.68 bits per heavy atom. The molecule has 2 rings (SSSR count). The van der Waals surface area contributed by atoms with Crippen LogP contribution in [0.25, 0.3) is 0 Å². The number of amides is 2. The molecular formula is C19H22N2O4. The molecule has 0 aliphatic heterocycles. The van der Waals surface area contributed by atoms with E-state index in [0.717, 1.165) is 5.56 Å². The van der Waals surface area contributed by atoms with E-state index < -0.39 is 0 Å². The molecule has 2 amide bonds. The molecule has 0 aliphatic rings. The number of Topliss-reactive ketones (excluding diaryl/α,β-unsaturated/α-hetero) is 1. The fraction of sp³-hybridized carbons (Fsp3) is 0.263. The van der Waals surface area contributed by atoms with Crippen LogP contribution in [0.5, 0.6) is 11.5 Å². The predicted octanol–water partition coefficient (Wildman–Crippen LogP) is 3.79. The number of anilines is 1. The third kappa shape index (κ3) is 4.73. The summed E-state index contributed by atoms with van der Waals surface area (Å²) in [5, 5.41) is 5.60. The number of carbonyl (C=O) groups excluding carboxylic acids is 2. The van der Waals surface area contributed by atoms with E-state index in [1.165, 1.54) is 6.92 Å². The third-order valence-corrected chi connectivity index (χ3v) is 3.80. The van der Waals surface area contributed by atoms with Crippen LogP contribution in [0.1, 0.15) is 35.8 Å². The number of nitrogens with one attached hydrogen (secondary N) is 2. The van der Waals surface area contributed by atoms with E-state index in [0.29, 0.717) is 22.7 Å². The van der Waals surface area contributed by atoms with Crippen LogP contribution in [0.15, 0.2) is 42.5 Å². The summed E-state index contributed by atoms with van der Waals surface area (Å²) in [6.45, 7) is 3.36. The minimum Gasteiger partial charge on any atom is -0.497 e. The second-order valence-electron chi connectivity index (χ2n) is 5.56. The van der Waals surface area contributed by atoms with Crippen molar-refractivity contribution in [1.82, 2.24) is 5.32 Å². The molecule has 132 valence electrons. The molecule has 0 saturated heterocycles. The largest absolute Gasteiger partial charge is 0.497 e. The highest BCUT2D eigenvalue weighted by Gasteiger charge is 2.15. The molecule has 2 aromatic rings. The van der Waals surface area contributed by atoms with Crippen LogP contribution < -0.4 is 20.1 Å².